The van der Waals surface area contributed by atoms with Gasteiger partial charge in [-0.15, -0.1) is 0 Å². The Hall–Kier alpha value is -1.81. The molecule has 0 atom stereocenters. The van der Waals surface area contributed by atoms with E-state index in [4.69, 9.17) is 11.6 Å². The van der Waals surface area contributed by atoms with Gasteiger partial charge in [-0.1, -0.05) is 37.6 Å². The van der Waals surface area contributed by atoms with Crippen molar-refractivity contribution in [3.8, 4) is 0 Å². The zero-order chi connectivity index (χ0) is 16.7. The van der Waals surface area contributed by atoms with Crippen LogP contribution in [0.3, 0.4) is 0 Å². The molecule has 0 aliphatic carbocycles. The summed E-state index contributed by atoms with van der Waals surface area (Å²) in [5, 5.41) is 7.50. The monoisotopic (exact) mass is 332 g/mol. The zero-order valence-corrected chi connectivity index (χ0v) is 14.8. The second-order valence-corrected chi connectivity index (χ2v) is 6.54. The van der Waals surface area contributed by atoms with Gasteiger partial charge >= 0.3 is 0 Å². The van der Waals surface area contributed by atoms with Crippen molar-refractivity contribution in [1.82, 2.24) is 9.97 Å². The quantitative estimate of drug-likeness (QED) is 0.744. The van der Waals surface area contributed by atoms with E-state index >= 15 is 0 Å². The van der Waals surface area contributed by atoms with Crippen LogP contribution in [0.1, 0.15) is 31.7 Å². The fourth-order valence-electron chi connectivity index (χ4n) is 2.27. The van der Waals surface area contributed by atoms with Gasteiger partial charge in [0.05, 0.1) is 0 Å². The summed E-state index contributed by atoms with van der Waals surface area (Å²) in [6.07, 6.45) is 2.03. The molecule has 2 rings (SSSR count). The fourth-order valence-corrected chi connectivity index (χ4v) is 2.48. The van der Waals surface area contributed by atoms with Crippen LogP contribution in [0.15, 0.2) is 30.3 Å². The summed E-state index contributed by atoms with van der Waals surface area (Å²) in [5.74, 6) is 3.18. The minimum Gasteiger partial charge on any atom is -0.370 e. The largest absolute Gasteiger partial charge is 0.370 e. The lowest BCUT2D eigenvalue weighted by molar-refractivity contribution is 0.606. The fraction of sp³-hybridized carbons (Fsp3) is 0.444. The van der Waals surface area contributed by atoms with Crippen LogP contribution in [0.25, 0.3) is 0 Å². The number of hydrogen-bond acceptors (Lipinski definition) is 4. The third-order valence-corrected chi connectivity index (χ3v) is 3.71. The van der Waals surface area contributed by atoms with Gasteiger partial charge in [-0.3, -0.25) is 0 Å². The van der Waals surface area contributed by atoms with Gasteiger partial charge < -0.3 is 10.6 Å². The lowest BCUT2D eigenvalue weighted by Crippen LogP contribution is -2.10. The molecule has 2 aromatic rings. The van der Waals surface area contributed by atoms with E-state index in [9.17, 15) is 0 Å². The minimum atomic E-state index is 0.681. The van der Waals surface area contributed by atoms with Gasteiger partial charge in [-0.25, -0.2) is 9.97 Å². The van der Waals surface area contributed by atoms with E-state index in [0.717, 1.165) is 48.4 Å². The van der Waals surface area contributed by atoms with Gasteiger partial charge in [0, 0.05) is 24.2 Å². The Morgan fingerprint density at radius 3 is 2.39 bits per heavy atom. The Morgan fingerprint density at radius 2 is 1.74 bits per heavy atom. The zero-order valence-electron chi connectivity index (χ0n) is 14.1. The van der Waals surface area contributed by atoms with Crippen LogP contribution in [0.2, 0.25) is 5.02 Å². The van der Waals surface area contributed by atoms with Crippen LogP contribution in [0.5, 0.6) is 0 Å². The van der Waals surface area contributed by atoms with Crippen LogP contribution >= 0.6 is 11.6 Å². The van der Waals surface area contributed by atoms with E-state index in [1.807, 2.05) is 31.2 Å². The number of rotatable bonds is 8. The first-order valence-corrected chi connectivity index (χ1v) is 8.48. The summed E-state index contributed by atoms with van der Waals surface area (Å²) < 4.78 is 0. The average Bonchev–Trinajstić information content (AvgIpc) is 2.46. The third-order valence-electron chi connectivity index (χ3n) is 3.47. The van der Waals surface area contributed by atoms with Crippen molar-refractivity contribution in [2.45, 2.75) is 33.6 Å². The molecule has 0 bridgehead atoms. The average molecular weight is 333 g/mol. The Balaban J connectivity index is 1.88. The first-order chi connectivity index (χ1) is 11.0. The molecule has 0 spiro atoms. The van der Waals surface area contributed by atoms with Crippen molar-refractivity contribution < 1.29 is 0 Å². The molecular formula is C18H25ClN4. The minimum absolute atomic E-state index is 0.681. The summed E-state index contributed by atoms with van der Waals surface area (Å²) >= 11 is 6.00. The summed E-state index contributed by atoms with van der Waals surface area (Å²) in [4.78, 5) is 8.87. The molecule has 0 aliphatic rings. The molecule has 0 amide bonds. The Kier molecular flexibility index (Phi) is 6.66. The van der Waals surface area contributed by atoms with Gasteiger partial charge in [0.1, 0.15) is 17.5 Å². The molecular weight excluding hydrogens is 308 g/mol. The van der Waals surface area contributed by atoms with E-state index in [1.54, 1.807) is 0 Å². The van der Waals surface area contributed by atoms with E-state index < -0.39 is 0 Å². The maximum absolute atomic E-state index is 6.00. The number of nitrogens with zero attached hydrogens (tertiary/aromatic N) is 2. The number of benzene rings is 1. The normalized spacial score (nSPS) is 10.8. The van der Waals surface area contributed by atoms with Crippen LogP contribution < -0.4 is 10.6 Å². The standard InChI is InChI=1S/C18H25ClN4/c1-13(2)7-9-20-17-12-18(23-14(3)22-17)21-10-8-15-5-4-6-16(19)11-15/h4-6,11-13H,7-10H2,1-3H3,(H2,20,21,22,23). The summed E-state index contributed by atoms with van der Waals surface area (Å²) in [7, 11) is 0. The van der Waals surface area contributed by atoms with Crippen LogP contribution in [-0.2, 0) is 6.42 Å². The van der Waals surface area contributed by atoms with Crippen LogP contribution in [0.4, 0.5) is 11.6 Å². The Morgan fingerprint density at radius 1 is 1.04 bits per heavy atom. The van der Waals surface area contributed by atoms with Crippen molar-refractivity contribution in [2.24, 2.45) is 5.92 Å². The SMILES string of the molecule is Cc1nc(NCCc2cccc(Cl)c2)cc(NCCC(C)C)n1. The van der Waals surface area contributed by atoms with Crippen LogP contribution in [-0.4, -0.2) is 23.1 Å². The van der Waals surface area contributed by atoms with Crippen molar-refractivity contribution in [3.63, 3.8) is 0 Å². The molecule has 0 saturated heterocycles. The number of aryl methyl sites for hydroxylation is 1. The highest BCUT2D eigenvalue weighted by Crippen LogP contribution is 2.14. The first-order valence-electron chi connectivity index (χ1n) is 8.11. The lowest BCUT2D eigenvalue weighted by atomic mass is 10.1. The highest BCUT2D eigenvalue weighted by Gasteiger charge is 2.02. The topological polar surface area (TPSA) is 49.8 Å². The van der Waals surface area contributed by atoms with E-state index in [-0.39, 0.29) is 0 Å². The highest BCUT2D eigenvalue weighted by atomic mass is 35.5. The Bertz CT molecular complexity index is 628. The molecule has 0 unspecified atom stereocenters. The molecule has 0 aliphatic heterocycles. The first kappa shape index (κ1) is 17.5. The summed E-state index contributed by atoms with van der Waals surface area (Å²) in [6.45, 7) is 8.08. The summed E-state index contributed by atoms with van der Waals surface area (Å²) in [5.41, 5.74) is 1.21. The van der Waals surface area contributed by atoms with Crippen LogP contribution in [0, 0.1) is 12.8 Å². The molecule has 1 aromatic heterocycles. The van der Waals surface area contributed by atoms with E-state index in [0.29, 0.717) is 5.92 Å². The maximum Gasteiger partial charge on any atom is 0.131 e. The van der Waals surface area contributed by atoms with Crippen molar-refractivity contribution in [1.29, 1.82) is 0 Å². The van der Waals surface area contributed by atoms with Gasteiger partial charge in [-0.05, 0) is 43.4 Å². The van der Waals surface area contributed by atoms with Crippen molar-refractivity contribution in [3.05, 3.63) is 46.7 Å². The smallest absolute Gasteiger partial charge is 0.131 e. The van der Waals surface area contributed by atoms with Gasteiger partial charge in [0.2, 0.25) is 0 Å². The number of nitrogens with one attached hydrogen (secondary N) is 2. The third kappa shape index (κ3) is 6.45. The molecule has 0 fully saturated rings. The van der Waals surface area contributed by atoms with Gasteiger partial charge in [0.15, 0.2) is 0 Å². The second-order valence-electron chi connectivity index (χ2n) is 6.10. The molecule has 124 valence electrons. The van der Waals surface area contributed by atoms with E-state index in [2.05, 4.69) is 40.5 Å². The number of hydrogen-bond donors (Lipinski definition) is 2. The molecule has 23 heavy (non-hydrogen) atoms. The molecule has 1 aromatic carbocycles. The molecule has 0 saturated carbocycles. The maximum atomic E-state index is 6.00. The highest BCUT2D eigenvalue weighted by molar-refractivity contribution is 6.30. The molecule has 2 N–H and O–H groups in total. The number of halogens is 1. The van der Waals surface area contributed by atoms with Crippen molar-refractivity contribution in [2.75, 3.05) is 23.7 Å². The number of anilines is 2. The van der Waals surface area contributed by atoms with Gasteiger partial charge in [-0.2, -0.15) is 0 Å². The molecule has 4 nitrogen and oxygen atoms in total. The Labute approximate surface area is 143 Å². The molecule has 1 heterocycles. The van der Waals surface area contributed by atoms with Gasteiger partial charge in [0.25, 0.3) is 0 Å². The second kappa shape index (κ2) is 8.73. The molecule has 0 radical (unpaired) electrons. The number of aromatic nitrogens is 2. The lowest BCUT2D eigenvalue weighted by Gasteiger charge is -2.11. The molecule has 5 heteroatoms. The predicted octanol–water partition coefficient (Wildman–Crippen LogP) is 4.55. The van der Waals surface area contributed by atoms with Crippen molar-refractivity contribution >= 4 is 23.2 Å². The van der Waals surface area contributed by atoms with E-state index in [1.165, 1.54) is 5.56 Å². The predicted molar refractivity (Wildman–Crippen MR) is 98.4 cm³/mol. The summed E-state index contributed by atoms with van der Waals surface area (Å²) in [6, 6.07) is 9.90.